The minimum atomic E-state index is -0.206. The minimum absolute atomic E-state index is 0.146. The van der Waals surface area contributed by atoms with E-state index in [0.29, 0.717) is 17.2 Å². The highest BCUT2D eigenvalue weighted by molar-refractivity contribution is 9.10. The Labute approximate surface area is 165 Å². The second kappa shape index (κ2) is 7.21. The molecule has 0 radical (unpaired) electrons. The summed E-state index contributed by atoms with van der Waals surface area (Å²) in [6.07, 6.45) is 1.78. The van der Waals surface area contributed by atoms with Gasteiger partial charge in [0.2, 0.25) is 0 Å². The van der Waals surface area contributed by atoms with Gasteiger partial charge in [-0.25, -0.2) is 4.99 Å². The van der Waals surface area contributed by atoms with Crippen molar-refractivity contribution in [3.8, 4) is 5.75 Å². The maximum atomic E-state index is 13.1. The molecule has 0 atom stereocenters. The molecule has 0 spiro atoms. The summed E-state index contributed by atoms with van der Waals surface area (Å²) in [5.74, 6) is 0.496. The van der Waals surface area contributed by atoms with Gasteiger partial charge in [-0.15, -0.1) is 0 Å². The lowest BCUT2D eigenvalue weighted by atomic mass is 10.1. The molecule has 0 saturated carbocycles. The van der Waals surface area contributed by atoms with Gasteiger partial charge >= 0.3 is 0 Å². The van der Waals surface area contributed by atoms with E-state index in [1.807, 2.05) is 54.6 Å². The third kappa shape index (κ3) is 3.55. The summed E-state index contributed by atoms with van der Waals surface area (Å²) in [7, 11) is 0. The maximum absolute atomic E-state index is 13.1. The van der Waals surface area contributed by atoms with Crippen LogP contribution in [-0.2, 0) is 4.79 Å². The molecule has 27 heavy (non-hydrogen) atoms. The van der Waals surface area contributed by atoms with Crippen molar-refractivity contribution in [1.29, 1.82) is 0 Å². The zero-order chi connectivity index (χ0) is 18.8. The van der Waals surface area contributed by atoms with Gasteiger partial charge in [0.25, 0.3) is 5.91 Å². The quantitative estimate of drug-likeness (QED) is 0.609. The summed E-state index contributed by atoms with van der Waals surface area (Å²) in [5.41, 5.74) is 2.76. The summed E-state index contributed by atoms with van der Waals surface area (Å²) >= 11 is 3.43. The highest BCUT2D eigenvalue weighted by Crippen LogP contribution is 2.29. The predicted molar refractivity (Wildman–Crippen MR) is 111 cm³/mol. The predicted octanol–water partition coefficient (Wildman–Crippen LogP) is 4.99. The van der Waals surface area contributed by atoms with E-state index < -0.39 is 0 Å². The van der Waals surface area contributed by atoms with Crippen molar-refractivity contribution >= 4 is 39.4 Å². The zero-order valence-corrected chi connectivity index (χ0v) is 15.8. The fourth-order valence-electron chi connectivity index (χ4n) is 2.86. The summed E-state index contributed by atoms with van der Waals surface area (Å²) in [6, 6.07) is 23.8. The van der Waals surface area contributed by atoms with E-state index in [0.717, 1.165) is 15.6 Å². The van der Waals surface area contributed by atoms with Crippen molar-refractivity contribution in [2.75, 3.05) is 4.90 Å². The third-order valence-electron chi connectivity index (χ3n) is 4.17. The van der Waals surface area contributed by atoms with E-state index >= 15 is 0 Å². The van der Waals surface area contributed by atoms with Crippen LogP contribution < -0.4 is 4.90 Å². The van der Waals surface area contributed by atoms with Gasteiger partial charge in [-0.1, -0.05) is 58.4 Å². The molecule has 5 heteroatoms. The maximum Gasteiger partial charge on any atom is 0.282 e. The number of hydrogen-bond donors (Lipinski definition) is 1. The van der Waals surface area contributed by atoms with Crippen molar-refractivity contribution in [2.45, 2.75) is 0 Å². The number of amidine groups is 1. The van der Waals surface area contributed by atoms with Gasteiger partial charge in [0, 0.05) is 10.0 Å². The Morgan fingerprint density at radius 2 is 1.56 bits per heavy atom. The molecule has 0 unspecified atom stereocenters. The number of nitrogens with zero attached hydrogens (tertiary/aromatic N) is 2. The first-order valence-corrected chi connectivity index (χ1v) is 9.16. The number of carbonyl (C=O) groups excluding carboxylic acids is 1. The van der Waals surface area contributed by atoms with Gasteiger partial charge in [-0.3, -0.25) is 9.69 Å². The van der Waals surface area contributed by atoms with E-state index in [4.69, 9.17) is 0 Å². The van der Waals surface area contributed by atoms with E-state index in [1.54, 1.807) is 35.2 Å². The van der Waals surface area contributed by atoms with Crippen LogP contribution in [0, 0.1) is 0 Å². The molecule has 3 aromatic rings. The number of anilines is 1. The molecule has 1 heterocycles. The zero-order valence-electron chi connectivity index (χ0n) is 14.2. The van der Waals surface area contributed by atoms with E-state index in [-0.39, 0.29) is 11.7 Å². The van der Waals surface area contributed by atoms with Crippen LogP contribution in [0.25, 0.3) is 6.08 Å². The fraction of sp³-hybridized carbons (Fsp3) is 0. The molecule has 1 aliphatic rings. The first-order valence-electron chi connectivity index (χ1n) is 8.37. The largest absolute Gasteiger partial charge is 0.508 e. The first-order chi connectivity index (χ1) is 13.1. The Morgan fingerprint density at radius 3 is 2.22 bits per heavy atom. The Balaban J connectivity index is 1.82. The van der Waals surface area contributed by atoms with E-state index in [2.05, 4.69) is 20.9 Å². The molecule has 0 bridgehead atoms. The molecule has 0 saturated heterocycles. The summed E-state index contributed by atoms with van der Waals surface area (Å²) in [5, 5.41) is 9.58. The molecule has 4 rings (SSSR count). The van der Waals surface area contributed by atoms with Crippen molar-refractivity contribution in [3.63, 3.8) is 0 Å². The number of amides is 1. The monoisotopic (exact) mass is 418 g/mol. The average molecular weight is 419 g/mol. The smallest absolute Gasteiger partial charge is 0.282 e. The standard InChI is InChI=1S/C22H15BrN2O2/c23-17-8-6-16(7-9-17)21-24-20(14-15-4-2-1-3-5-15)22(27)25(21)18-10-12-19(26)13-11-18/h1-14,26H/b20-14+. The van der Waals surface area contributed by atoms with E-state index in [1.165, 1.54) is 0 Å². The molecule has 3 aromatic carbocycles. The second-order valence-electron chi connectivity index (χ2n) is 6.04. The molecule has 4 nitrogen and oxygen atoms in total. The van der Waals surface area contributed by atoms with Gasteiger partial charge in [0.15, 0.2) is 0 Å². The molecular weight excluding hydrogens is 404 g/mol. The Hall–Kier alpha value is -3.18. The van der Waals surface area contributed by atoms with Gasteiger partial charge in [-0.05, 0) is 48.0 Å². The number of phenolic OH excluding ortho intramolecular Hbond substituents is 1. The Kier molecular flexibility index (Phi) is 4.60. The van der Waals surface area contributed by atoms with E-state index in [9.17, 15) is 9.90 Å². The lowest BCUT2D eigenvalue weighted by Gasteiger charge is -2.18. The lowest BCUT2D eigenvalue weighted by Crippen LogP contribution is -2.32. The van der Waals surface area contributed by atoms with Gasteiger partial charge in [0.05, 0.1) is 5.69 Å². The normalized spacial score (nSPS) is 15.3. The van der Waals surface area contributed by atoms with Gasteiger partial charge in [0.1, 0.15) is 17.3 Å². The van der Waals surface area contributed by atoms with Crippen molar-refractivity contribution in [3.05, 3.63) is 100 Å². The molecule has 132 valence electrons. The van der Waals surface area contributed by atoms with Crippen molar-refractivity contribution < 1.29 is 9.90 Å². The minimum Gasteiger partial charge on any atom is -0.508 e. The van der Waals surface area contributed by atoms with Crippen LogP contribution in [-0.4, -0.2) is 16.8 Å². The molecule has 1 aliphatic heterocycles. The fourth-order valence-corrected chi connectivity index (χ4v) is 3.12. The van der Waals surface area contributed by atoms with Crippen molar-refractivity contribution in [2.24, 2.45) is 4.99 Å². The Morgan fingerprint density at radius 1 is 0.889 bits per heavy atom. The summed E-state index contributed by atoms with van der Waals surface area (Å²) in [6.45, 7) is 0. The highest BCUT2D eigenvalue weighted by atomic mass is 79.9. The number of aliphatic imine (C=N–C) groups is 1. The molecule has 0 aliphatic carbocycles. The lowest BCUT2D eigenvalue weighted by molar-refractivity contribution is -0.113. The van der Waals surface area contributed by atoms with Crippen LogP contribution in [0.3, 0.4) is 0 Å². The summed E-state index contributed by atoms with van der Waals surface area (Å²) in [4.78, 5) is 19.3. The van der Waals surface area contributed by atoms with Gasteiger partial charge in [-0.2, -0.15) is 0 Å². The third-order valence-corrected chi connectivity index (χ3v) is 4.70. The Bertz CT molecular complexity index is 1040. The van der Waals surface area contributed by atoms with Gasteiger partial charge < -0.3 is 5.11 Å². The van der Waals surface area contributed by atoms with Crippen molar-refractivity contribution in [1.82, 2.24) is 0 Å². The number of carbonyl (C=O) groups is 1. The molecule has 0 fully saturated rings. The second-order valence-corrected chi connectivity index (χ2v) is 6.96. The van der Waals surface area contributed by atoms with Crippen LogP contribution in [0.15, 0.2) is 94.0 Å². The topological polar surface area (TPSA) is 52.9 Å². The molecule has 0 aromatic heterocycles. The number of benzene rings is 3. The van der Waals surface area contributed by atoms with Crippen LogP contribution >= 0.6 is 15.9 Å². The number of rotatable bonds is 3. The number of hydrogen-bond acceptors (Lipinski definition) is 3. The highest BCUT2D eigenvalue weighted by Gasteiger charge is 2.32. The van der Waals surface area contributed by atoms with Crippen LogP contribution in [0.5, 0.6) is 5.75 Å². The SMILES string of the molecule is O=C1/C(=C\c2ccccc2)N=C(c2ccc(Br)cc2)N1c1ccc(O)cc1. The summed E-state index contributed by atoms with van der Waals surface area (Å²) < 4.78 is 0.951. The first kappa shape index (κ1) is 17.2. The average Bonchev–Trinajstić information content (AvgIpc) is 3.00. The van der Waals surface area contributed by atoms with Crippen LogP contribution in [0.4, 0.5) is 5.69 Å². The molecular formula is C22H15BrN2O2. The van der Waals surface area contributed by atoms with Crippen LogP contribution in [0.1, 0.15) is 11.1 Å². The number of phenols is 1. The molecule has 1 N–H and O–H groups in total. The van der Waals surface area contributed by atoms with Crippen LogP contribution in [0.2, 0.25) is 0 Å². The molecule has 1 amide bonds. The number of aromatic hydroxyl groups is 1. The number of halogens is 1.